The van der Waals surface area contributed by atoms with Crippen molar-refractivity contribution < 1.29 is 14.0 Å². The quantitative estimate of drug-likeness (QED) is 0.365. The van der Waals surface area contributed by atoms with E-state index in [1.165, 1.54) is 12.3 Å². The molecule has 6 nitrogen and oxygen atoms in total. The molecule has 0 saturated heterocycles. The van der Waals surface area contributed by atoms with Crippen molar-refractivity contribution in [3.63, 3.8) is 0 Å². The second-order valence-electron chi connectivity index (χ2n) is 6.05. The minimum Gasteiger partial charge on any atom is -0.460 e. The van der Waals surface area contributed by atoms with E-state index in [0.29, 0.717) is 21.9 Å². The van der Waals surface area contributed by atoms with E-state index in [-0.39, 0.29) is 5.70 Å². The van der Waals surface area contributed by atoms with Gasteiger partial charge in [0.15, 0.2) is 0 Å². The molecule has 0 aliphatic rings. The molecular weight excluding hydrogens is 390 g/mol. The first-order chi connectivity index (χ1) is 14.0. The molecule has 0 aliphatic heterocycles. The summed E-state index contributed by atoms with van der Waals surface area (Å²) >= 11 is 6.18. The van der Waals surface area contributed by atoms with Gasteiger partial charge in [-0.25, -0.2) is 5.43 Å². The van der Waals surface area contributed by atoms with Crippen LogP contribution in [0.5, 0.6) is 0 Å². The zero-order valence-corrected chi connectivity index (χ0v) is 16.3. The van der Waals surface area contributed by atoms with E-state index in [4.69, 9.17) is 16.0 Å². The highest BCUT2D eigenvalue weighted by Crippen LogP contribution is 2.18. The zero-order chi connectivity index (χ0) is 20.6. The van der Waals surface area contributed by atoms with Crippen LogP contribution in [0.3, 0.4) is 0 Å². The molecule has 0 spiro atoms. The number of rotatable bonds is 6. The Balaban J connectivity index is 1.81. The molecule has 146 valence electrons. The fourth-order valence-corrected chi connectivity index (χ4v) is 2.62. The molecule has 0 fully saturated rings. The number of hydrogen-bond acceptors (Lipinski definition) is 4. The van der Waals surface area contributed by atoms with E-state index >= 15 is 0 Å². The van der Waals surface area contributed by atoms with Gasteiger partial charge in [-0.1, -0.05) is 48.0 Å². The van der Waals surface area contributed by atoms with Gasteiger partial charge in [0, 0.05) is 10.6 Å². The van der Waals surface area contributed by atoms with Gasteiger partial charge in [0.05, 0.1) is 6.21 Å². The highest BCUT2D eigenvalue weighted by molar-refractivity contribution is 6.32. The maximum Gasteiger partial charge on any atom is 0.287 e. The maximum absolute atomic E-state index is 12.6. The van der Waals surface area contributed by atoms with Crippen molar-refractivity contribution in [3.05, 3.63) is 100 Å². The topological polar surface area (TPSA) is 83.7 Å². The fraction of sp³-hybridized carbons (Fsp3) is 0.0455. The molecule has 2 aromatic carbocycles. The van der Waals surface area contributed by atoms with Gasteiger partial charge in [-0.2, -0.15) is 5.10 Å². The Kier molecular flexibility index (Phi) is 6.60. The number of carbonyl (C=O) groups excluding carboxylic acids is 2. The first-order valence-corrected chi connectivity index (χ1v) is 9.13. The summed E-state index contributed by atoms with van der Waals surface area (Å²) in [5, 5.41) is 6.94. The molecular formula is C22H18ClN3O3. The van der Waals surface area contributed by atoms with Crippen LogP contribution in [0, 0.1) is 6.92 Å². The predicted octanol–water partition coefficient (Wildman–Crippen LogP) is 4.16. The summed E-state index contributed by atoms with van der Waals surface area (Å²) in [5.74, 6) is 0.193. The first kappa shape index (κ1) is 20.1. The smallest absolute Gasteiger partial charge is 0.287 e. The number of hydrogen-bond donors (Lipinski definition) is 2. The summed E-state index contributed by atoms with van der Waals surface area (Å²) in [7, 11) is 0. The third kappa shape index (κ3) is 5.67. The van der Waals surface area contributed by atoms with Gasteiger partial charge in [0.1, 0.15) is 17.2 Å². The summed E-state index contributed by atoms with van der Waals surface area (Å²) in [6.07, 6.45) is 2.86. The minimum absolute atomic E-state index is 0.000251. The number of furan rings is 1. The summed E-state index contributed by atoms with van der Waals surface area (Å²) in [4.78, 5) is 25.2. The van der Waals surface area contributed by atoms with Crippen LogP contribution in [0.15, 0.2) is 81.9 Å². The number of halogens is 1. The normalized spacial score (nSPS) is 11.4. The van der Waals surface area contributed by atoms with E-state index in [1.807, 2.05) is 0 Å². The number of benzene rings is 2. The number of carbonyl (C=O) groups is 2. The second kappa shape index (κ2) is 9.52. The van der Waals surface area contributed by atoms with Gasteiger partial charge < -0.3 is 9.73 Å². The van der Waals surface area contributed by atoms with E-state index in [2.05, 4.69) is 15.8 Å². The molecule has 0 aliphatic carbocycles. The van der Waals surface area contributed by atoms with Crippen LogP contribution in [0.2, 0.25) is 5.02 Å². The second-order valence-corrected chi connectivity index (χ2v) is 6.45. The molecule has 0 saturated carbocycles. The third-order valence-electron chi connectivity index (χ3n) is 3.85. The number of amides is 2. The summed E-state index contributed by atoms with van der Waals surface area (Å²) in [5.41, 5.74) is 3.38. The molecule has 29 heavy (non-hydrogen) atoms. The Morgan fingerprint density at radius 1 is 1.00 bits per heavy atom. The van der Waals surface area contributed by atoms with Gasteiger partial charge in [0.25, 0.3) is 11.8 Å². The lowest BCUT2D eigenvalue weighted by molar-refractivity contribution is -0.117. The van der Waals surface area contributed by atoms with Crippen LogP contribution in [-0.2, 0) is 4.79 Å². The Labute approximate surface area is 172 Å². The molecule has 2 N–H and O–H groups in total. The van der Waals surface area contributed by atoms with Crippen molar-refractivity contribution in [2.24, 2.45) is 5.10 Å². The van der Waals surface area contributed by atoms with Gasteiger partial charge in [0.2, 0.25) is 0 Å². The fourth-order valence-electron chi connectivity index (χ4n) is 2.43. The number of aryl methyl sites for hydroxylation is 1. The Morgan fingerprint density at radius 2 is 1.72 bits per heavy atom. The predicted molar refractivity (Wildman–Crippen MR) is 113 cm³/mol. The van der Waals surface area contributed by atoms with Crippen LogP contribution >= 0.6 is 11.6 Å². The lowest BCUT2D eigenvalue weighted by Gasteiger charge is -2.09. The van der Waals surface area contributed by atoms with Crippen LogP contribution in [0.25, 0.3) is 6.08 Å². The van der Waals surface area contributed by atoms with E-state index in [0.717, 1.165) is 5.76 Å². The highest BCUT2D eigenvalue weighted by Gasteiger charge is 2.15. The molecule has 1 heterocycles. The van der Waals surface area contributed by atoms with Crippen molar-refractivity contribution in [3.8, 4) is 0 Å². The zero-order valence-electron chi connectivity index (χ0n) is 15.6. The van der Waals surface area contributed by atoms with Gasteiger partial charge in [-0.05, 0) is 48.9 Å². The molecule has 3 rings (SSSR count). The average Bonchev–Trinajstić information content (AvgIpc) is 3.14. The third-order valence-corrected chi connectivity index (χ3v) is 4.20. The molecule has 7 heteroatoms. The Morgan fingerprint density at radius 3 is 2.41 bits per heavy atom. The Bertz CT molecular complexity index is 1070. The SMILES string of the molecule is Cc1ccc(/C=N/NC(=O)/C(=C\c2ccccc2Cl)NC(=O)c2ccccc2)o1. The number of hydrazone groups is 1. The summed E-state index contributed by atoms with van der Waals surface area (Å²) < 4.78 is 5.36. The van der Waals surface area contributed by atoms with Crippen molar-refractivity contribution in [1.29, 1.82) is 0 Å². The minimum atomic E-state index is -0.603. The van der Waals surface area contributed by atoms with Gasteiger partial charge in [-0.3, -0.25) is 9.59 Å². The molecule has 1 aromatic heterocycles. The summed E-state index contributed by atoms with van der Waals surface area (Å²) in [6.45, 7) is 1.81. The first-order valence-electron chi connectivity index (χ1n) is 8.75. The van der Waals surface area contributed by atoms with E-state index in [1.54, 1.807) is 73.7 Å². The summed E-state index contributed by atoms with van der Waals surface area (Å²) in [6, 6.07) is 19.1. The van der Waals surface area contributed by atoms with Crippen LogP contribution in [-0.4, -0.2) is 18.0 Å². The number of nitrogens with one attached hydrogen (secondary N) is 2. The molecule has 3 aromatic rings. The highest BCUT2D eigenvalue weighted by atomic mass is 35.5. The Hall–Kier alpha value is -3.64. The van der Waals surface area contributed by atoms with Crippen molar-refractivity contribution in [1.82, 2.24) is 10.7 Å². The van der Waals surface area contributed by atoms with Crippen LogP contribution < -0.4 is 10.7 Å². The van der Waals surface area contributed by atoms with Crippen LogP contribution in [0.4, 0.5) is 0 Å². The van der Waals surface area contributed by atoms with E-state index in [9.17, 15) is 9.59 Å². The molecule has 0 atom stereocenters. The molecule has 2 amide bonds. The lowest BCUT2D eigenvalue weighted by Crippen LogP contribution is -2.32. The van der Waals surface area contributed by atoms with Gasteiger partial charge >= 0.3 is 0 Å². The number of nitrogens with zero attached hydrogens (tertiary/aromatic N) is 1. The van der Waals surface area contributed by atoms with Crippen molar-refractivity contribution in [2.75, 3.05) is 0 Å². The van der Waals surface area contributed by atoms with Gasteiger partial charge in [-0.15, -0.1) is 0 Å². The van der Waals surface area contributed by atoms with Crippen molar-refractivity contribution >= 4 is 35.7 Å². The van der Waals surface area contributed by atoms with Crippen LogP contribution in [0.1, 0.15) is 27.4 Å². The monoisotopic (exact) mass is 407 g/mol. The molecule has 0 radical (unpaired) electrons. The maximum atomic E-state index is 12.6. The molecule has 0 unspecified atom stereocenters. The standard InChI is InChI=1S/C22H18ClN3O3/c1-15-11-12-18(29-15)14-24-26-22(28)20(13-17-9-5-6-10-19(17)23)25-21(27)16-7-3-2-4-8-16/h2-14H,1H3,(H,25,27)(H,26,28)/b20-13+,24-14+. The average molecular weight is 408 g/mol. The van der Waals surface area contributed by atoms with E-state index < -0.39 is 11.8 Å². The lowest BCUT2D eigenvalue weighted by atomic mass is 10.1. The largest absolute Gasteiger partial charge is 0.460 e. The molecule has 0 bridgehead atoms. The van der Waals surface area contributed by atoms with Crippen molar-refractivity contribution in [2.45, 2.75) is 6.92 Å².